The van der Waals surface area contributed by atoms with Gasteiger partial charge in [-0.15, -0.1) is 0 Å². The monoisotopic (exact) mass is 291 g/mol. The number of aromatic nitrogens is 2. The van der Waals surface area contributed by atoms with Gasteiger partial charge in [-0.25, -0.2) is 0 Å². The fourth-order valence-electron chi connectivity index (χ4n) is 3.35. The summed E-state index contributed by atoms with van der Waals surface area (Å²) in [6, 6.07) is 2.17. The quantitative estimate of drug-likeness (QED) is 0.923. The Morgan fingerprint density at radius 2 is 1.95 bits per heavy atom. The zero-order chi connectivity index (χ0) is 14.8. The Labute approximate surface area is 123 Å². The van der Waals surface area contributed by atoms with Gasteiger partial charge in [0.25, 0.3) is 5.91 Å². The van der Waals surface area contributed by atoms with Crippen molar-refractivity contribution in [3.8, 4) is 0 Å². The molecular weight excluding hydrogens is 270 g/mol. The van der Waals surface area contributed by atoms with Crippen molar-refractivity contribution in [3.05, 3.63) is 18.0 Å². The zero-order valence-corrected chi connectivity index (χ0v) is 12.1. The molecule has 1 N–H and O–H groups in total. The first-order chi connectivity index (χ1) is 10.1. The van der Waals surface area contributed by atoms with Crippen LogP contribution in [0.4, 0.5) is 0 Å². The topological polar surface area (TPSA) is 75.4 Å². The van der Waals surface area contributed by atoms with Crippen LogP contribution in [-0.2, 0) is 4.79 Å². The first kappa shape index (κ1) is 14.1. The minimum atomic E-state index is -0.816. The summed E-state index contributed by atoms with van der Waals surface area (Å²) in [6.45, 7) is 0.920. The van der Waals surface area contributed by atoms with Gasteiger partial charge >= 0.3 is 5.97 Å². The van der Waals surface area contributed by atoms with E-state index in [0.29, 0.717) is 31.2 Å². The average molecular weight is 291 g/mol. The highest BCUT2D eigenvalue weighted by molar-refractivity contribution is 5.92. The summed E-state index contributed by atoms with van der Waals surface area (Å²) >= 11 is 0. The van der Waals surface area contributed by atoms with E-state index in [9.17, 15) is 9.59 Å². The molecule has 3 rings (SSSR count). The number of hydrogen-bond acceptors (Lipinski definition) is 3. The first-order valence-electron chi connectivity index (χ1n) is 7.72. The molecule has 0 radical (unpaired) electrons. The highest BCUT2D eigenvalue weighted by Gasteiger charge is 2.30. The van der Waals surface area contributed by atoms with Crippen LogP contribution in [0.3, 0.4) is 0 Å². The molecule has 1 saturated heterocycles. The van der Waals surface area contributed by atoms with E-state index in [-0.39, 0.29) is 5.91 Å². The van der Waals surface area contributed by atoms with Crippen molar-refractivity contribution >= 4 is 11.9 Å². The number of hydrogen-bond donors (Lipinski definition) is 1. The van der Waals surface area contributed by atoms with E-state index in [1.807, 2.05) is 10.9 Å². The third-order valence-electron chi connectivity index (χ3n) is 4.58. The van der Waals surface area contributed by atoms with Crippen LogP contribution in [0.2, 0.25) is 0 Å². The first-order valence-corrected chi connectivity index (χ1v) is 7.72. The minimum absolute atomic E-state index is 0.141. The Balaban J connectivity index is 1.68. The number of carbonyl (C=O) groups is 2. The molecule has 114 valence electrons. The van der Waals surface area contributed by atoms with Crippen LogP contribution in [0, 0.1) is 5.92 Å². The highest BCUT2D eigenvalue weighted by Crippen LogP contribution is 2.29. The van der Waals surface area contributed by atoms with Crippen molar-refractivity contribution < 1.29 is 14.7 Å². The lowest BCUT2D eigenvalue weighted by Crippen LogP contribution is -2.42. The van der Waals surface area contributed by atoms with Crippen LogP contribution < -0.4 is 0 Å². The second-order valence-electron chi connectivity index (χ2n) is 6.05. The summed E-state index contributed by atoms with van der Waals surface area (Å²) in [4.78, 5) is 25.2. The molecule has 0 spiro atoms. The Kier molecular flexibility index (Phi) is 3.94. The second kappa shape index (κ2) is 5.87. The Morgan fingerprint density at radius 1 is 1.19 bits per heavy atom. The summed E-state index contributed by atoms with van der Waals surface area (Å²) in [5.41, 5.74) is 0.438. The van der Waals surface area contributed by atoms with Gasteiger partial charge in [0.05, 0.1) is 12.0 Å². The van der Waals surface area contributed by atoms with Gasteiger partial charge in [0.1, 0.15) is 5.69 Å². The Morgan fingerprint density at radius 3 is 2.67 bits per heavy atom. The van der Waals surface area contributed by atoms with Crippen molar-refractivity contribution in [1.29, 1.82) is 0 Å². The number of amides is 1. The molecule has 2 heterocycles. The SMILES string of the molecule is O=C(O)[C@@H]1CCCN(C(=O)c2ccn(C3CCCC3)n2)C1. The number of aliphatic carboxylic acids is 1. The molecular formula is C15H21N3O3. The number of rotatable bonds is 3. The normalized spacial score (nSPS) is 23.4. The molecule has 1 aromatic heterocycles. The molecule has 0 bridgehead atoms. The molecule has 1 saturated carbocycles. The lowest BCUT2D eigenvalue weighted by atomic mass is 9.98. The van der Waals surface area contributed by atoms with E-state index in [1.165, 1.54) is 12.8 Å². The van der Waals surface area contributed by atoms with E-state index in [2.05, 4.69) is 5.10 Å². The van der Waals surface area contributed by atoms with Crippen molar-refractivity contribution in [2.45, 2.75) is 44.6 Å². The number of nitrogens with zero attached hydrogens (tertiary/aromatic N) is 3. The summed E-state index contributed by atoms with van der Waals surface area (Å²) in [6.07, 6.45) is 7.96. The maximum Gasteiger partial charge on any atom is 0.308 e. The van der Waals surface area contributed by atoms with Gasteiger partial charge in [0, 0.05) is 19.3 Å². The molecule has 6 heteroatoms. The number of likely N-dealkylation sites (tertiary alicyclic amines) is 1. The van der Waals surface area contributed by atoms with Crippen molar-refractivity contribution in [2.24, 2.45) is 5.92 Å². The fourth-order valence-corrected chi connectivity index (χ4v) is 3.35. The van der Waals surface area contributed by atoms with E-state index >= 15 is 0 Å². The molecule has 21 heavy (non-hydrogen) atoms. The Hall–Kier alpha value is -1.85. The summed E-state index contributed by atoms with van der Waals surface area (Å²) in [7, 11) is 0. The van der Waals surface area contributed by atoms with Crippen molar-refractivity contribution in [2.75, 3.05) is 13.1 Å². The lowest BCUT2D eigenvalue weighted by molar-refractivity contribution is -0.143. The molecule has 0 aromatic carbocycles. The van der Waals surface area contributed by atoms with Crippen LogP contribution in [-0.4, -0.2) is 44.8 Å². The highest BCUT2D eigenvalue weighted by atomic mass is 16.4. The molecule has 0 unspecified atom stereocenters. The standard InChI is InChI=1S/C15H21N3O3/c19-14(17-8-3-4-11(10-17)15(20)21)13-7-9-18(16-13)12-5-1-2-6-12/h7,9,11-12H,1-6,8,10H2,(H,20,21)/t11-/m1/s1. The van der Waals surface area contributed by atoms with Gasteiger partial charge in [-0.3, -0.25) is 14.3 Å². The number of carboxylic acids is 1. The van der Waals surface area contributed by atoms with Gasteiger partial charge in [0.15, 0.2) is 0 Å². The van der Waals surface area contributed by atoms with Crippen LogP contribution >= 0.6 is 0 Å². The van der Waals surface area contributed by atoms with E-state index in [4.69, 9.17) is 5.11 Å². The van der Waals surface area contributed by atoms with E-state index in [0.717, 1.165) is 19.3 Å². The lowest BCUT2D eigenvalue weighted by Gasteiger charge is -2.30. The molecule has 2 fully saturated rings. The van der Waals surface area contributed by atoms with Crippen LogP contribution in [0.15, 0.2) is 12.3 Å². The van der Waals surface area contributed by atoms with Gasteiger partial charge in [-0.2, -0.15) is 5.10 Å². The van der Waals surface area contributed by atoms with Gasteiger partial charge in [-0.05, 0) is 31.7 Å². The maximum absolute atomic E-state index is 12.5. The zero-order valence-electron chi connectivity index (χ0n) is 12.1. The number of piperidine rings is 1. The summed E-state index contributed by atoms with van der Waals surface area (Å²) in [5, 5.41) is 13.5. The minimum Gasteiger partial charge on any atom is -0.481 e. The van der Waals surface area contributed by atoms with E-state index in [1.54, 1.807) is 11.0 Å². The fraction of sp³-hybridized carbons (Fsp3) is 0.667. The predicted molar refractivity (Wildman–Crippen MR) is 76.0 cm³/mol. The smallest absolute Gasteiger partial charge is 0.308 e. The van der Waals surface area contributed by atoms with Crippen molar-refractivity contribution in [1.82, 2.24) is 14.7 Å². The third-order valence-corrected chi connectivity index (χ3v) is 4.58. The van der Waals surface area contributed by atoms with Gasteiger partial charge in [-0.1, -0.05) is 12.8 Å². The molecule has 1 atom stereocenters. The van der Waals surface area contributed by atoms with Gasteiger partial charge in [0.2, 0.25) is 0 Å². The molecule has 2 aliphatic rings. The molecule has 1 aromatic rings. The van der Waals surface area contributed by atoms with Crippen LogP contribution in [0.5, 0.6) is 0 Å². The molecule has 1 amide bonds. The maximum atomic E-state index is 12.5. The predicted octanol–water partition coefficient (Wildman–Crippen LogP) is 1.94. The number of carbonyl (C=O) groups excluding carboxylic acids is 1. The largest absolute Gasteiger partial charge is 0.481 e. The van der Waals surface area contributed by atoms with Crippen LogP contribution in [0.1, 0.15) is 55.1 Å². The summed E-state index contributed by atoms with van der Waals surface area (Å²) in [5.74, 6) is -1.40. The average Bonchev–Trinajstić information content (AvgIpc) is 3.17. The van der Waals surface area contributed by atoms with Crippen molar-refractivity contribution in [3.63, 3.8) is 0 Å². The number of carboxylic acid groups (broad SMARTS) is 1. The summed E-state index contributed by atoms with van der Waals surface area (Å²) < 4.78 is 1.90. The molecule has 6 nitrogen and oxygen atoms in total. The Bertz CT molecular complexity index is 534. The second-order valence-corrected chi connectivity index (χ2v) is 6.05. The molecule has 1 aliphatic heterocycles. The molecule has 1 aliphatic carbocycles. The van der Waals surface area contributed by atoms with E-state index < -0.39 is 11.9 Å². The third kappa shape index (κ3) is 2.94. The van der Waals surface area contributed by atoms with Crippen LogP contribution in [0.25, 0.3) is 0 Å². The van der Waals surface area contributed by atoms with Gasteiger partial charge < -0.3 is 10.0 Å².